The number of likely N-dealkylation sites (tertiary alicyclic amines) is 1. The Balaban J connectivity index is 1.17. The minimum absolute atomic E-state index is 0.0148. The first-order valence-electron chi connectivity index (χ1n) is 16.5. The van der Waals surface area contributed by atoms with Gasteiger partial charge in [-0.25, -0.2) is 4.39 Å². The van der Waals surface area contributed by atoms with Gasteiger partial charge in [-0.1, -0.05) is 47.6 Å². The van der Waals surface area contributed by atoms with Gasteiger partial charge in [0.25, 0.3) is 5.24 Å². The number of imide groups is 1. The maximum Gasteiger partial charge on any atom is 0.319 e. The Hall–Kier alpha value is -4.20. The zero-order valence-electron chi connectivity index (χ0n) is 26.7. The summed E-state index contributed by atoms with van der Waals surface area (Å²) in [5.74, 6) is -0.797. The number of phenolic OH excluding ortho intramolecular Hbond substituents is 1. The summed E-state index contributed by atoms with van der Waals surface area (Å²) in [6.45, 7) is 2.18. The van der Waals surface area contributed by atoms with Crippen LogP contribution >= 0.6 is 23.4 Å². The molecule has 49 heavy (non-hydrogen) atoms. The van der Waals surface area contributed by atoms with Crippen molar-refractivity contribution in [3.05, 3.63) is 53.3 Å². The van der Waals surface area contributed by atoms with Gasteiger partial charge in [0.2, 0.25) is 11.8 Å². The fourth-order valence-corrected chi connectivity index (χ4v) is 8.95. The molecule has 4 atom stereocenters. The van der Waals surface area contributed by atoms with E-state index in [0.717, 1.165) is 54.8 Å². The number of anilines is 1. The van der Waals surface area contributed by atoms with Crippen molar-refractivity contribution < 1.29 is 28.6 Å². The third kappa shape index (κ3) is 5.81. The molecule has 14 heteroatoms. The highest BCUT2D eigenvalue weighted by molar-refractivity contribution is 8.15. The molecule has 0 saturated carbocycles. The number of thioether (sulfide) groups is 1. The summed E-state index contributed by atoms with van der Waals surface area (Å²) in [6.07, 6.45) is 3.52. The van der Waals surface area contributed by atoms with Gasteiger partial charge in [-0.15, -0.1) is 0 Å². The van der Waals surface area contributed by atoms with Crippen molar-refractivity contribution in [1.29, 1.82) is 0 Å². The van der Waals surface area contributed by atoms with E-state index in [4.69, 9.17) is 21.3 Å². The molecule has 254 valence electrons. The number of likely N-dealkylation sites (N-methyl/N-ethyl adjacent to an activating group) is 1. The van der Waals surface area contributed by atoms with Crippen LogP contribution in [0.2, 0.25) is 5.02 Å². The van der Waals surface area contributed by atoms with E-state index in [1.54, 1.807) is 12.1 Å². The average Bonchev–Trinajstić information content (AvgIpc) is 3.72. The van der Waals surface area contributed by atoms with Gasteiger partial charge in [0.15, 0.2) is 5.82 Å². The second-order valence-corrected chi connectivity index (χ2v) is 14.8. The van der Waals surface area contributed by atoms with Crippen LogP contribution in [0.1, 0.15) is 32.1 Å². The van der Waals surface area contributed by atoms with Gasteiger partial charge >= 0.3 is 6.01 Å². The summed E-state index contributed by atoms with van der Waals surface area (Å²) in [6, 6.07) is 12.1. The molecular weight excluding hydrogens is 671 g/mol. The molecular formula is C35H34ClFN6O5S. The number of ether oxygens (including phenoxy) is 1. The highest BCUT2D eigenvalue weighted by Gasteiger charge is 2.45. The zero-order chi connectivity index (χ0) is 34.0. The molecule has 2 bridgehead atoms. The van der Waals surface area contributed by atoms with Gasteiger partial charge < -0.3 is 24.5 Å². The van der Waals surface area contributed by atoms with E-state index in [0.29, 0.717) is 36.5 Å². The number of hydrogen-bond acceptors (Lipinski definition) is 10. The lowest BCUT2D eigenvalue weighted by Crippen LogP contribution is -2.56. The van der Waals surface area contributed by atoms with E-state index < -0.39 is 22.2 Å². The number of nitrogens with zero attached hydrogens (tertiary/aromatic N) is 5. The van der Waals surface area contributed by atoms with Crippen LogP contribution in [0.4, 0.5) is 15.0 Å². The normalized spacial score (nSPS) is 24.0. The van der Waals surface area contributed by atoms with Crippen LogP contribution in [0.3, 0.4) is 0 Å². The number of carbonyl (C=O) groups is 3. The van der Waals surface area contributed by atoms with Crippen molar-refractivity contribution in [1.82, 2.24) is 25.1 Å². The molecule has 4 aromatic rings. The van der Waals surface area contributed by atoms with E-state index in [2.05, 4.69) is 15.2 Å². The number of amides is 3. The fraction of sp³-hybridized carbons (Fsp3) is 0.400. The Morgan fingerprint density at radius 3 is 2.59 bits per heavy atom. The number of benzene rings is 3. The summed E-state index contributed by atoms with van der Waals surface area (Å²) in [4.78, 5) is 52.9. The van der Waals surface area contributed by atoms with E-state index >= 15 is 4.39 Å². The highest BCUT2D eigenvalue weighted by Crippen LogP contribution is 2.43. The number of aromatic hydroxyl groups is 1. The maximum atomic E-state index is 16.9. The van der Waals surface area contributed by atoms with Crippen molar-refractivity contribution in [3.8, 4) is 22.9 Å². The molecule has 2 N–H and O–H groups in total. The van der Waals surface area contributed by atoms with E-state index in [1.165, 1.54) is 6.07 Å². The van der Waals surface area contributed by atoms with Gasteiger partial charge in [-0.05, 0) is 73.8 Å². The van der Waals surface area contributed by atoms with Crippen molar-refractivity contribution in [2.24, 2.45) is 0 Å². The Labute approximate surface area is 290 Å². The zero-order valence-corrected chi connectivity index (χ0v) is 28.3. The maximum absolute atomic E-state index is 16.9. The monoisotopic (exact) mass is 704 g/mol. The summed E-state index contributed by atoms with van der Waals surface area (Å²) in [5.41, 5.74) is 0.609. The van der Waals surface area contributed by atoms with E-state index in [-0.39, 0.29) is 58.3 Å². The topological polar surface area (TPSA) is 128 Å². The summed E-state index contributed by atoms with van der Waals surface area (Å²) < 4.78 is 23.1. The van der Waals surface area contributed by atoms with Crippen LogP contribution in [0, 0.1) is 5.82 Å². The van der Waals surface area contributed by atoms with Gasteiger partial charge in [0, 0.05) is 48.6 Å². The van der Waals surface area contributed by atoms with Crippen molar-refractivity contribution in [2.45, 2.75) is 55.5 Å². The second kappa shape index (κ2) is 12.6. The molecule has 1 unspecified atom stereocenters. The second-order valence-electron chi connectivity index (χ2n) is 13.3. The first-order valence-corrected chi connectivity index (χ1v) is 17.7. The van der Waals surface area contributed by atoms with Crippen LogP contribution in [0.25, 0.3) is 32.8 Å². The van der Waals surface area contributed by atoms with Crippen LogP contribution in [-0.2, 0) is 9.59 Å². The number of aromatic nitrogens is 2. The largest absolute Gasteiger partial charge is 0.508 e. The van der Waals surface area contributed by atoms with Crippen LogP contribution < -0.4 is 15.0 Å². The molecule has 3 amide bonds. The molecule has 4 aliphatic rings. The number of piperazine rings is 1. The number of halogens is 2. The SMILES string of the molecule is CN1CCC[C@H]1COc1nc(N2C[C@H]3CC[C@@H](C2)N3C(=O)CC2SC(=O)NC2=O)c2cc(Cl)c(-c3cc(O)cc4ccccc34)c(F)c2n1. The summed E-state index contributed by atoms with van der Waals surface area (Å²) in [5, 5.41) is 13.7. The Morgan fingerprint density at radius 1 is 1.10 bits per heavy atom. The minimum atomic E-state index is -0.732. The molecule has 0 spiro atoms. The number of fused-ring (bicyclic) bond motifs is 4. The van der Waals surface area contributed by atoms with Gasteiger partial charge in [-0.2, -0.15) is 9.97 Å². The van der Waals surface area contributed by atoms with Crippen molar-refractivity contribution >= 4 is 67.9 Å². The third-order valence-electron chi connectivity index (χ3n) is 10.2. The van der Waals surface area contributed by atoms with Crippen molar-refractivity contribution in [3.63, 3.8) is 0 Å². The summed E-state index contributed by atoms with van der Waals surface area (Å²) >= 11 is 7.76. The predicted molar refractivity (Wildman–Crippen MR) is 186 cm³/mol. The molecule has 1 aromatic heterocycles. The van der Waals surface area contributed by atoms with E-state index in [1.807, 2.05) is 41.1 Å². The lowest BCUT2D eigenvalue weighted by atomic mass is 9.96. The molecule has 0 radical (unpaired) electrons. The average molecular weight is 705 g/mol. The molecule has 4 saturated heterocycles. The molecule has 4 aliphatic heterocycles. The number of rotatable bonds is 7. The first kappa shape index (κ1) is 32.0. The van der Waals surface area contributed by atoms with E-state index in [9.17, 15) is 19.5 Å². The third-order valence-corrected chi connectivity index (χ3v) is 11.5. The quantitative estimate of drug-likeness (QED) is 0.260. The van der Waals surface area contributed by atoms with Gasteiger partial charge in [0.1, 0.15) is 28.9 Å². The first-order chi connectivity index (χ1) is 23.6. The number of phenols is 1. The molecule has 0 aliphatic carbocycles. The summed E-state index contributed by atoms with van der Waals surface area (Å²) in [7, 11) is 2.05. The molecule has 3 aromatic carbocycles. The molecule has 8 rings (SSSR count). The van der Waals surface area contributed by atoms with Gasteiger partial charge in [0.05, 0.1) is 5.02 Å². The smallest absolute Gasteiger partial charge is 0.319 e. The Morgan fingerprint density at radius 2 is 1.88 bits per heavy atom. The minimum Gasteiger partial charge on any atom is -0.508 e. The van der Waals surface area contributed by atoms with Crippen molar-refractivity contribution in [2.75, 3.05) is 38.2 Å². The molecule has 5 heterocycles. The lowest BCUT2D eigenvalue weighted by Gasteiger charge is -2.42. The number of hydrogen-bond donors (Lipinski definition) is 2. The lowest BCUT2D eigenvalue weighted by molar-refractivity contribution is -0.136. The highest BCUT2D eigenvalue weighted by atomic mass is 35.5. The predicted octanol–water partition coefficient (Wildman–Crippen LogP) is 5.34. The molecule has 11 nitrogen and oxygen atoms in total. The number of nitrogens with one attached hydrogen (secondary N) is 1. The Kier molecular flexibility index (Phi) is 8.24. The Bertz CT molecular complexity index is 2020. The van der Waals surface area contributed by atoms with Crippen LogP contribution in [-0.4, -0.2) is 98.6 Å². The van der Waals surface area contributed by atoms with Gasteiger partial charge in [-0.3, -0.25) is 19.7 Å². The molecule has 4 fully saturated rings. The van der Waals surface area contributed by atoms with Crippen LogP contribution in [0.15, 0.2) is 42.5 Å². The van der Waals surface area contributed by atoms with Crippen LogP contribution in [0.5, 0.6) is 11.8 Å². The standard InChI is InChI=1S/C35H34ClFN6O5S/c1-41-10-4-6-21(41)17-48-34-38-31-25(13-26(36)29(30(31)37)24-12-22(44)11-18-5-2-3-7-23(18)24)32(39-34)42-15-19-8-9-20(16-42)43(19)28(45)14-27-33(46)40-35(47)49-27/h2-3,5,7,11-13,19-21,27,44H,4,6,8-10,14-17H2,1H3,(H,40,46,47)/t19-,20+,21-,27?/m0/s1. The fourth-order valence-electron chi connectivity index (χ4n) is 7.85. The number of carbonyl (C=O) groups excluding carboxylic acids is 3.